The van der Waals surface area contributed by atoms with Crippen molar-refractivity contribution in [1.29, 1.82) is 0 Å². The minimum Gasteiger partial charge on any atom is -0.496 e. The van der Waals surface area contributed by atoms with E-state index in [1.165, 1.54) is 14.2 Å². The number of carboxylic acids is 1. The number of rotatable bonds is 5. The molecule has 0 aliphatic carbocycles. The molecule has 2 aromatic rings. The van der Waals surface area contributed by atoms with Gasteiger partial charge in [0.2, 0.25) is 11.7 Å². The molecule has 0 radical (unpaired) electrons. The van der Waals surface area contributed by atoms with Gasteiger partial charge in [0.15, 0.2) is 0 Å². The number of aryl methyl sites for hydroxylation is 1. The molecule has 1 heterocycles. The number of carbonyl (C=O) groups is 1. The van der Waals surface area contributed by atoms with Crippen LogP contribution < -0.4 is 4.74 Å². The average molecular weight is 277 g/mol. The molecule has 0 saturated carbocycles. The molecule has 6 nitrogen and oxygen atoms in total. The summed E-state index contributed by atoms with van der Waals surface area (Å²) in [6.07, 6.45) is 0. The van der Waals surface area contributed by atoms with Crippen LogP contribution in [0.1, 0.15) is 21.8 Å². The summed E-state index contributed by atoms with van der Waals surface area (Å²) >= 11 is 0. The number of nitrogens with zero attached hydrogens (tertiary/aromatic N) is 1. The molecule has 0 spiro atoms. The van der Waals surface area contributed by atoms with Crippen LogP contribution in [0.25, 0.3) is 11.5 Å². The van der Waals surface area contributed by atoms with E-state index >= 15 is 0 Å². The van der Waals surface area contributed by atoms with E-state index in [1.54, 1.807) is 6.07 Å². The molecule has 1 N–H and O–H groups in total. The van der Waals surface area contributed by atoms with Gasteiger partial charge in [0.05, 0.1) is 19.3 Å². The second kappa shape index (κ2) is 5.75. The number of ether oxygens (including phenoxy) is 2. The highest BCUT2D eigenvalue weighted by Crippen LogP contribution is 2.31. The minimum absolute atomic E-state index is 0.0687. The van der Waals surface area contributed by atoms with E-state index in [0.29, 0.717) is 11.3 Å². The smallest absolute Gasteiger partial charge is 0.373 e. The third-order valence-electron chi connectivity index (χ3n) is 2.76. The lowest BCUT2D eigenvalue weighted by Gasteiger charge is -2.05. The molecule has 0 atom stereocenters. The number of aromatic carboxylic acids is 1. The van der Waals surface area contributed by atoms with E-state index in [-0.39, 0.29) is 24.0 Å². The van der Waals surface area contributed by atoms with E-state index in [0.717, 1.165) is 5.56 Å². The van der Waals surface area contributed by atoms with E-state index in [9.17, 15) is 4.79 Å². The first-order chi connectivity index (χ1) is 9.56. The second-order valence-corrected chi connectivity index (χ2v) is 4.24. The Bertz CT molecular complexity index is 632. The number of aromatic nitrogens is 1. The van der Waals surface area contributed by atoms with Crippen molar-refractivity contribution in [2.45, 2.75) is 13.5 Å². The van der Waals surface area contributed by atoms with Crippen LogP contribution in [0.15, 0.2) is 22.6 Å². The van der Waals surface area contributed by atoms with Crippen molar-refractivity contribution in [2.24, 2.45) is 0 Å². The van der Waals surface area contributed by atoms with Crippen molar-refractivity contribution in [3.63, 3.8) is 0 Å². The fraction of sp³-hybridized carbons (Fsp3) is 0.286. The fourth-order valence-corrected chi connectivity index (χ4v) is 1.86. The average Bonchev–Trinajstić information content (AvgIpc) is 2.83. The van der Waals surface area contributed by atoms with Crippen molar-refractivity contribution >= 4 is 5.97 Å². The molecule has 20 heavy (non-hydrogen) atoms. The van der Waals surface area contributed by atoms with Crippen molar-refractivity contribution < 1.29 is 23.8 Å². The van der Waals surface area contributed by atoms with Gasteiger partial charge in [-0.2, -0.15) is 0 Å². The fourth-order valence-electron chi connectivity index (χ4n) is 1.86. The maximum absolute atomic E-state index is 11.1. The van der Waals surface area contributed by atoms with Gasteiger partial charge in [0, 0.05) is 7.11 Å². The minimum atomic E-state index is -1.18. The first kappa shape index (κ1) is 14.1. The molecule has 106 valence electrons. The van der Waals surface area contributed by atoms with Gasteiger partial charge in [-0.25, -0.2) is 9.78 Å². The highest BCUT2D eigenvalue weighted by atomic mass is 16.5. The highest BCUT2D eigenvalue weighted by Gasteiger charge is 2.22. The molecule has 0 amide bonds. The lowest BCUT2D eigenvalue weighted by atomic mass is 10.1. The van der Waals surface area contributed by atoms with Gasteiger partial charge in [0.25, 0.3) is 0 Å². The van der Waals surface area contributed by atoms with Crippen LogP contribution in [-0.4, -0.2) is 30.3 Å². The predicted octanol–water partition coefficient (Wildman–Crippen LogP) is 2.50. The van der Waals surface area contributed by atoms with Gasteiger partial charge >= 0.3 is 5.97 Å². The molecule has 2 rings (SSSR count). The summed E-state index contributed by atoms with van der Waals surface area (Å²) in [4.78, 5) is 15.3. The predicted molar refractivity (Wildman–Crippen MR) is 70.9 cm³/mol. The largest absolute Gasteiger partial charge is 0.496 e. The molecule has 0 unspecified atom stereocenters. The van der Waals surface area contributed by atoms with Gasteiger partial charge in [-0.3, -0.25) is 0 Å². The zero-order chi connectivity index (χ0) is 14.7. The SMILES string of the molecule is COCc1nc(-c2cc(C)ccc2OC)oc1C(=O)O. The molecule has 6 heteroatoms. The monoisotopic (exact) mass is 277 g/mol. The van der Waals surface area contributed by atoms with E-state index in [2.05, 4.69) is 4.98 Å². The number of oxazole rings is 1. The van der Waals surface area contributed by atoms with Crippen LogP contribution in [-0.2, 0) is 11.3 Å². The second-order valence-electron chi connectivity index (χ2n) is 4.24. The zero-order valence-electron chi connectivity index (χ0n) is 11.5. The summed E-state index contributed by atoms with van der Waals surface area (Å²) in [6, 6.07) is 5.50. The Labute approximate surface area is 116 Å². The van der Waals surface area contributed by atoms with Crippen molar-refractivity contribution in [3.05, 3.63) is 35.2 Å². The van der Waals surface area contributed by atoms with E-state index in [4.69, 9.17) is 19.0 Å². The van der Waals surface area contributed by atoms with Gasteiger partial charge in [-0.1, -0.05) is 11.6 Å². The quantitative estimate of drug-likeness (QED) is 0.904. The van der Waals surface area contributed by atoms with Crippen LogP contribution in [0.4, 0.5) is 0 Å². The number of carboxylic acid groups (broad SMARTS) is 1. The van der Waals surface area contributed by atoms with Gasteiger partial charge in [-0.15, -0.1) is 0 Å². The van der Waals surface area contributed by atoms with Crippen LogP contribution in [0, 0.1) is 6.92 Å². The number of benzene rings is 1. The van der Waals surface area contributed by atoms with Crippen LogP contribution in [0.2, 0.25) is 0 Å². The van der Waals surface area contributed by atoms with Crippen LogP contribution in [0.5, 0.6) is 5.75 Å². The third-order valence-corrected chi connectivity index (χ3v) is 2.76. The maximum atomic E-state index is 11.1. The number of methoxy groups -OCH3 is 2. The van der Waals surface area contributed by atoms with Crippen LogP contribution in [0.3, 0.4) is 0 Å². The standard InChI is InChI=1S/C14H15NO5/c1-8-4-5-11(19-3)9(6-8)13-15-10(7-18-2)12(20-13)14(16)17/h4-6H,7H2,1-3H3,(H,16,17). The van der Waals surface area contributed by atoms with Gasteiger partial charge in [-0.05, 0) is 19.1 Å². The highest BCUT2D eigenvalue weighted by molar-refractivity contribution is 5.86. The van der Waals surface area contributed by atoms with Crippen LogP contribution >= 0.6 is 0 Å². The summed E-state index contributed by atoms with van der Waals surface area (Å²) in [7, 11) is 3.00. The summed E-state index contributed by atoms with van der Waals surface area (Å²) in [5.74, 6) is -0.624. The maximum Gasteiger partial charge on any atom is 0.373 e. The molecular formula is C14H15NO5. The normalized spacial score (nSPS) is 10.6. The van der Waals surface area contributed by atoms with E-state index < -0.39 is 5.97 Å². The molecule has 0 saturated heterocycles. The summed E-state index contributed by atoms with van der Waals surface area (Å²) in [5.41, 5.74) is 1.85. The Kier molecular flexibility index (Phi) is 4.05. The molecule has 0 bridgehead atoms. The number of hydrogen-bond acceptors (Lipinski definition) is 5. The Balaban J connectivity index is 2.55. The first-order valence-electron chi connectivity index (χ1n) is 5.93. The number of hydrogen-bond donors (Lipinski definition) is 1. The van der Waals surface area contributed by atoms with Crippen molar-refractivity contribution in [3.8, 4) is 17.2 Å². The first-order valence-corrected chi connectivity index (χ1v) is 5.93. The van der Waals surface area contributed by atoms with Crippen molar-refractivity contribution in [2.75, 3.05) is 14.2 Å². The zero-order valence-corrected chi connectivity index (χ0v) is 11.5. The molecule has 1 aromatic carbocycles. The summed E-state index contributed by atoms with van der Waals surface area (Å²) < 4.78 is 15.5. The Morgan fingerprint density at radius 3 is 2.75 bits per heavy atom. The Morgan fingerprint density at radius 2 is 2.15 bits per heavy atom. The molecule has 1 aromatic heterocycles. The lowest BCUT2D eigenvalue weighted by molar-refractivity contribution is 0.0656. The third kappa shape index (κ3) is 2.65. The Morgan fingerprint density at radius 1 is 1.40 bits per heavy atom. The topological polar surface area (TPSA) is 81.8 Å². The molecule has 0 fully saturated rings. The van der Waals surface area contributed by atoms with Gasteiger partial charge < -0.3 is 19.0 Å². The molecular weight excluding hydrogens is 262 g/mol. The van der Waals surface area contributed by atoms with Gasteiger partial charge in [0.1, 0.15) is 11.4 Å². The Hall–Kier alpha value is -2.34. The van der Waals surface area contributed by atoms with Crippen molar-refractivity contribution in [1.82, 2.24) is 4.98 Å². The molecule has 0 aliphatic heterocycles. The summed E-state index contributed by atoms with van der Waals surface area (Å²) in [6.45, 7) is 1.99. The van der Waals surface area contributed by atoms with E-state index in [1.807, 2.05) is 19.1 Å². The lowest BCUT2D eigenvalue weighted by Crippen LogP contribution is -2.00. The molecule has 0 aliphatic rings. The summed E-state index contributed by atoms with van der Waals surface area (Å²) in [5, 5.41) is 9.11.